The van der Waals surface area contributed by atoms with E-state index in [0.29, 0.717) is 36.0 Å². The molecule has 4 nitrogen and oxygen atoms in total. The molecule has 126 valence electrons. The van der Waals surface area contributed by atoms with Crippen molar-refractivity contribution in [2.75, 3.05) is 13.1 Å². The van der Waals surface area contributed by atoms with Crippen LogP contribution in [0.1, 0.15) is 38.2 Å². The summed E-state index contributed by atoms with van der Waals surface area (Å²) in [5.74, 6) is 0.00272. The second kappa shape index (κ2) is 8.55. The predicted octanol–water partition coefficient (Wildman–Crippen LogP) is 3.44. The van der Waals surface area contributed by atoms with Gasteiger partial charge in [0, 0.05) is 29.6 Å². The van der Waals surface area contributed by atoms with Crippen molar-refractivity contribution >= 4 is 35.0 Å². The summed E-state index contributed by atoms with van der Waals surface area (Å²) in [5, 5.41) is 4.12. The molecule has 0 aliphatic carbocycles. The number of hydrogen-bond donors (Lipinski definition) is 1. The fraction of sp³-hybridized carbons (Fsp3) is 0.529. The van der Waals surface area contributed by atoms with E-state index in [2.05, 4.69) is 5.32 Å². The highest BCUT2D eigenvalue weighted by molar-refractivity contribution is 6.35. The molecule has 2 rings (SSSR count). The first-order valence-electron chi connectivity index (χ1n) is 8.04. The van der Waals surface area contributed by atoms with E-state index in [1.54, 1.807) is 17.0 Å². The van der Waals surface area contributed by atoms with E-state index in [0.717, 1.165) is 24.8 Å². The molecule has 1 aliphatic heterocycles. The maximum absolute atomic E-state index is 12.3. The molecule has 6 heteroatoms. The maximum Gasteiger partial charge on any atom is 0.242 e. The van der Waals surface area contributed by atoms with Crippen molar-refractivity contribution in [2.45, 2.75) is 45.1 Å². The average molecular weight is 357 g/mol. The number of amides is 2. The van der Waals surface area contributed by atoms with Crippen LogP contribution in [0.25, 0.3) is 0 Å². The molecule has 0 radical (unpaired) electrons. The second-order valence-corrected chi connectivity index (χ2v) is 6.62. The van der Waals surface area contributed by atoms with Crippen LogP contribution in [0.15, 0.2) is 18.2 Å². The van der Waals surface area contributed by atoms with Gasteiger partial charge in [-0.15, -0.1) is 0 Å². The number of hydrogen-bond acceptors (Lipinski definition) is 2. The van der Waals surface area contributed by atoms with Gasteiger partial charge in [-0.1, -0.05) is 36.2 Å². The normalized spacial score (nSPS) is 17.3. The third-order valence-electron chi connectivity index (χ3n) is 4.05. The fourth-order valence-corrected chi connectivity index (χ4v) is 3.36. The lowest BCUT2D eigenvalue weighted by Crippen LogP contribution is -2.46. The minimum atomic E-state index is -0.324. The van der Waals surface area contributed by atoms with E-state index in [-0.39, 0.29) is 17.9 Å². The molecule has 1 aromatic carbocycles. The van der Waals surface area contributed by atoms with E-state index in [9.17, 15) is 9.59 Å². The topological polar surface area (TPSA) is 49.4 Å². The quantitative estimate of drug-likeness (QED) is 0.848. The van der Waals surface area contributed by atoms with Crippen molar-refractivity contribution in [3.05, 3.63) is 33.8 Å². The number of nitrogens with one attached hydrogen (secondary N) is 1. The van der Waals surface area contributed by atoms with Crippen LogP contribution in [0.5, 0.6) is 0 Å². The van der Waals surface area contributed by atoms with Gasteiger partial charge >= 0.3 is 0 Å². The van der Waals surface area contributed by atoms with Gasteiger partial charge in [0.05, 0.1) is 0 Å². The SMILES string of the molecule is CCCC(=O)N1CCCC1C(=O)NCCc1ccc(Cl)cc1Cl. The van der Waals surface area contributed by atoms with E-state index < -0.39 is 0 Å². The molecule has 23 heavy (non-hydrogen) atoms. The number of likely N-dealkylation sites (tertiary alicyclic amines) is 1. The number of rotatable bonds is 6. The smallest absolute Gasteiger partial charge is 0.242 e. The molecular weight excluding hydrogens is 335 g/mol. The van der Waals surface area contributed by atoms with Crippen LogP contribution < -0.4 is 5.32 Å². The van der Waals surface area contributed by atoms with Crippen molar-refractivity contribution in [3.63, 3.8) is 0 Å². The first-order valence-corrected chi connectivity index (χ1v) is 8.79. The summed E-state index contributed by atoms with van der Waals surface area (Å²) in [4.78, 5) is 26.1. The summed E-state index contributed by atoms with van der Waals surface area (Å²) in [7, 11) is 0. The highest BCUT2D eigenvalue weighted by atomic mass is 35.5. The van der Waals surface area contributed by atoms with Gasteiger partial charge in [-0.25, -0.2) is 0 Å². The Kier molecular flexibility index (Phi) is 6.72. The number of nitrogens with zero attached hydrogens (tertiary/aromatic N) is 1. The van der Waals surface area contributed by atoms with Gasteiger partial charge < -0.3 is 10.2 Å². The summed E-state index contributed by atoms with van der Waals surface area (Å²) in [6.07, 6.45) is 3.57. The number of carbonyl (C=O) groups excluding carboxylic acids is 2. The number of carbonyl (C=O) groups is 2. The molecule has 0 saturated carbocycles. The van der Waals surface area contributed by atoms with Gasteiger partial charge in [-0.3, -0.25) is 9.59 Å². The van der Waals surface area contributed by atoms with Crippen LogP contribution >= 0.6 is 23.2 Å². The van der Waals surface area contributed by atoms with Crippen LogP contribution in [0.2, 0.25) is 10.0 Å². The van der Waals surface area contributed by atoms with Crippen molar-refractivity contribution in [1.82, 2.24) is 10.2 Å². The zero-order valence-corrected chi connectivity index (χ0v) is 14.8. The molecule has 0 aromatic heterocycles. The van der Waals surface area contributed by atoms with Gasteiger partial charge in [-0.2, -0.15) is 0 Å². The Hall–Kier alpha value is -1.26. The Morgan fingerprint density at radius 3 is 2.83 bits per heavy atom. The van der Waals surface area contributed by atoms with E-state index >= 15 is 0 Å². The molecule has 2 amide bonds. The standard InChI is InChI=1S/C17H22Cl2N2O2/c1-2-4-16(22)21-10-3-5-15(21)17(23)20-9-8-12-6-7-13(18)11-14(12)19/h6-7,11,15H,2-5,8-10H2,1H3,(H,20,23). The van der Waals surface area contributed by atoms with Crippen molar-refractivity contribution in [2.24, 2.45) is 0 Å². The van der Waals surface area contributed by atoms with Gasteiger partial charge in [0.15, 0.2) is 0 Å². The third-order valence-corrected chi connectivity index (χ3v) is 4.64. The molecule has 1 aliphatic rings. The van der Waals surface area contributed by atoms with Gasteiger partial charge in [0.1, 0.15) is 6.04 Å². The lowest BCUT2D eigenvalue weighted by Gasteiger charge is -2.24. The number of benzene rings is 1. The average Bonchev–Trinajstić information content (AvgIpc) is 2.99. The molecule has 1 saturated heterocycles. The van der Waals surface area contributed by atoms with Crippen molar-refractivity contribution in [1.29, 1.82) is 0 Å². The first-order chi connectivity index (χ1) is 11.0. The van der Waals surface area contributed by atoms with E-state index in [1.165, 1.54) is 0 Å². The van der Waals surface area contributed by atoms with E-state index in [4.69, 9.17) is 23.2 Å². The molecule has 1 heterocycles. The molecule has 0 bridgehead atoms. The second-order valence-electron chi connectivity index (χ2n) is 5.77. The molecule has 1 unspecified atom stereocenters. The van der Waals surface area contributed by atoms with E-state index in [1.807, 2.05) is 13.0 Å². The molecular formula is C17H22Cl2N2O2. The van der Waals surface area contributed by atoms with Crippen LogP contribution in [0.4, 0.5) is 0 Å². The van der Waals surface area contributed by atoms with Crippen LogP contribution in [-0.2, 0) is 16.0 Å². The number of halogens is 2. The molecule has 0 spiro atoms. The Morgan fingerprint density at radius 1 is 1.35 bits per heavy atom. The highest BCUT2D eigenvalue weighted by Crippen LogP contribution is 2.21. The third kappa shape index (κ3) is 4.85. The molecule has 1 N–H and O–H groups in total. The van der Waals surface area contributed by atoms with Gasteiger partial charge in [0.25, 0.3) is 0 Å². The lowest BCUT2D eigenvalue weighted by molar-refractivity contribution is -0.138. The lowest BCUT2D eigenvalue weighted by atomic mass is 10.1. The Balaban J connectivity index is 1.85. The minimum Gasteiger partial charge on any atom is -0.354 e. The van der Waals surface area contributed by atoms with Gasteiger partial charge in [0.2, 0.25) is 11.8 Å². The summed E-state index contributed by atoms with van der Waals surface area (Å²) in [6.45, 7) is 3.14. The Morgan fingerprint density at radius 2 is 2.13 bits per heavy atom. The zero-order chi connectivity index (χ0) is 16.8. The summed E-state index contributed by atoms with van der Waals surface area (Å²) in [5.41, 5.74) is 0.946. The molecule has 1 fully saturated rings. The van der Waals surface area contributed by atoms with Crippen LogP contribution in [0, 0.1) is 0 Å². The first kappa shape index (κ1) is 18.1. The summed E-state index contributed by atoms with van der Waals surface area (Å²) >= 11 is 12.0. The minimum absolute atomic E-state index is 0.0722. The molecule has 1 atom stereocenters. The largest absolute Gasteiger partial charge is 0.354 e. The predicted molar refractivity (Wildman–Crippen MR) is 92.8 cm³/mol. The maximum atomic E-state index is 12.3. The Labute approximate surface area is 147 Å². The highest BCUT2D eigenvalue weighted by Gasteiger charge is 2.33. The van der Waals surface area contributed by atoms with Crippen molar-refractivity contribution < 1.29 is 9.59 Å². The van der Waals surface area contributed by atoms with Crippen LogP contribution in [0.3, 0.4) is 0 Å². The Bertz CT molecular complexity index is 578. The monoisotopic (exact) mass is 356 g/mol. The zero-order valence-electron chi connectivity index (χ0n) is 13.3. The van der Waals surface area contributed by atoms with Crippen LogP contribution in [-0.4, -0.2) is 35.8 Å². The van der Waals surface area contributed by atoms with Gasteiger partial charge in [-0.05, 0) is 43.4 Å². The van der Waals surface area contributed by atoms with Crippen molar-refractivity contribution in [3.8, 4) is 0 Å². The summed E-state index contributed by atoms with van der Waals surface area (Å²) in [6, 6.07) is 5.02. The fourth-order valence-electron chi connectivity index (χ4n) is 2.86. The molecule has 1 aromatic rings. The summed E-state index contributed by atoms with van der Waals surface area (Å²) < 4.78 is 0.